The summed E-state index contributed by atoms with van der Waals surface area (Å²) in [5.74, 6) is -0.474. The van der Waals surface area contributed by atoms with Crippen LogP contribution in [0.4, 0.5) is 0 Å². The summed E-state index contributed by atoms with van der Waals surface area (Å²) in [6.45, 7) is 2.16. The first-order valence-electron chi connectivity index (χ1n) is 4.09. The van der Waals surface area contributed by atoms with Crippen molar-refractivity contribution in [3.63, 3.8) is 0 Å². The summed E-state index contributed by atoms with van der Waals surface area (Å²) in [6.07, 6.45) is 2.43. The van der Waals surface area contributed by atoms with Gasteiger partial charge in [0.05, 0.1) is 0 Å². The van der Waals surface area contributed by atoms with Crippen LogP contribution in [-0.4, -0.2) is 24.5 Å². The van der Waals surface area contributed by atoms with Crippen molar-refractivity contribution < 1.29 is 9.47 Å². The lowest BCUT2D eigenvalue weighted by atomic mass is 9.94. The summed E-state index contributed by atoms with van der Waals surface area (Å²) in [4.78, 5) is 0. The molecule has 3 heteroatoms. The van der Waals surface area contributed by atoms with Crippen LogP contribution >= 0.6 is 0 Å². The second-order valence-corrected chi connectivity index (χ2v) is 4.24. The summed E-state index contributed by atoms with van der Waals surface area (Å²) in [5, 5.41) is 0. The average molecular weight is 154 g/mol. The van der Waals surface area contributed by atoms with E-state index in [9.17, 15) is 0 Å². The van der Waals surface area contributed by atoms with E-state index < -0.39 is 11.3 Å². The molecule has 2 saturated carbocycles. The zero-order chi connectivity index (χ0) is 7.91. The van der Waals surface area contributed by atoms with Gasteiger partial charge in [-0.2, -0.15) is 0 Å². The summed E-state index contributed by atoms with van der Waals surface area (Å²) < 4.78 is 10.4. The minimum absolute atomic E-state index is 0.0903. The van der Waals surface area contributed by atoms with Gasteiger partial charge in [0.2, 0.25) is 0 Å². The predicted molar refractivity (Wildman–Crippen MR) is 39.0 cm³/mol. The lowest BCUT2D eigenvalue weighted by Crippen LogP contribution is -2.35. The second kappa shape index (κ2) is 1.26. The molecule has 3 rings (SSSR count). The molecule has 0 amide bonds. The molecule has 0 radical (unpaired) electrons. The zero-order valence-corrected chi connectivity index (χ0v) is 6.81. The van der Waals surface area contributed by atoms with Gasteiger partial charge in [-0.25, -0.2) is 0 Å². The first-order chi connectivity index (χ1) is 5.11. The number of hydrogen-bond donors (Lipinski definition) is 0. The molecule has 3 unspecified atom stereocenters. The third-order valence-electron chi connectivity index (χ3n) is 3.70. The van der Waals surface area contributed by atoms with E-state index in [1.165, 1.54) is 12.8 Å². The molecule has 3 aliphatic rings. The Morgan fingerprint density at radius 1 is 1.55 bits per heavy atom. The van der Waals surface area contributed by atoms with Crippen LogP contribution in [0.5, 0.6) is 0 Å². The maximum Gasteiger partial charge on any atom is 0.183 e. The molecule has 0 spiro atoms. The molecule has 1 heterocycles. The Morgan fingerprint density at radius 3 is 2.45 bits per heavy atom. The Labute approximate surface area is 65.8 Å². The quantitative estimate of drug-likeness (QED) is 0.563. The summed E-state index contributed by atoms with van der Waals surface area (Å²) in [7, 11) is 1.64. The van der Waals surface area contributed by atoms with Gasteiger partial charge >= 0.3 is 0 Å². The second-order valence-electron chi connectivity index (χ2n) is 4.24. The Kier molecular flexibility index (Phi) is 0.732. The lowest BCUT2D eigenvalue weighted by molar-refractivity contribution is -0.0617. The fourth-order valence-corrected chi connectivity index (χ4v) is 2.29. The normalized spacial score (nSPS) is 61.9. The summed E-state index contributed by atoms with van der Waals surface area (Å²) >= 11 is 0. The van der Waals surface area contributed by atoms with Crippen LogP contribution in [-0.2, 0) is 9.47 Å². The van der Waals surface area contributed by atoms with E-state index in [1.54, 1.807) is 7.11 Å². The van der Waals surface area contributed by atoms with Gasteiger partial charge in [0.1, 0.15) is 6.10 Å². The average Bonchev–Trinajstić information content (AvgIpc) is 2.80. The molecule has 2 aliphatic carbocycles. The number of fused-ring (bicyclic) bond motifs is 1. The Hall–Kier alpha value is -0.120. The summed E-state index contributed by atoms with van der Waals surface area (Å²) in [6, 6.07) is 0. The third-order valence-corrected chi connectivity index (χ3v) is 3.70. The van der Waals surface area contributed by atoms with Gasteiger partial charge in [-0.3, -0.25) is 0 Å². The number of rotatable bonds is 2. The molecule has 62 valence electrons. The van der Waals surface area contributed by atoms with E-state index in [2.05, 4.69) is 6.92 Å². The van der Waals surface area contributed by atoms with Crippen molar-refractivity contribution in [1.82, 2.24) is 0 Å². The minimum atomic E-state index is -0.474. The highest BCUT2D eigenvalue weighted by Gasteiger charge is 2.92. The first kappa shape index (κ1) is 6.40. The largest absolute Gasteiger partial charge is 0.665 e. The van der Waals surface area contributed by atoms with Crippen molar-refractivity contribution in [2.24, 2.45) is 5.41 Å². The molecular formula is C8H12NO2-. The van der Waals surface area contributed by atoms with Crippen molar-refractivity contribution >= 4 is 0 Å². The smallest absolute Gasteiger partial charge is 0.183 e. The molecule has 0 aromatic carbocycles. The minimum Gasteiger partial charge on any atom is -0.665 e. The Balaban J connectivity index is 1.91. The summed E-state index contributed by atoms with van der Waals surface area (Å²) in [5.41, 5.74) is 7.92. The highest BCUT2D eigenvalue weighted by Crippen LogP contribution is 2.81. The third kappa shape index (κ3) is 0.406. The van der Waals surface area contributed by atoms with Crippen molar-refractivity contribution in [3.8, 4) is 0 Å². The maximum absolute atomic E-state index is 8.11. The molecule has 0 aromatic heterocycles. The van der Waals surface area contributed by atoms with Crippen LogP contribution in [0.2, 0.25) is 0 Å². The zero-order valence-electron chi connectivity index (χ0n) is 6.81. The fourth-order valence-electron chi connectivity index (χ4n) is 2.29. The van der Waals surface area contributed by atoms with Gasteiger partial charge in [0.15, 0.2) is 5.79 Å². The molecule has 1 aliphatic heterocycles. The van der Waals surface area contributed by atoms with Crippen LogP contribution < -0.4 is 0 Å². The number of hydrogen-bond acceptors (Lipinski definition) is 2. The van der Waals surface area contributed by atoms with Crippen LogP contribution in [0.25, 0.3) is 5.73 Å². The Bertz CT molecular complexity index is 238. The Morgan fingerprint density at radius 2 is 2.18 bits per heavy atom. The highest BCUT2D eigenvalue weighted by molar-refractivity contribution is 5.49. The number of epoxide rings is 1. The molecule has 11 heavy (non-hydrogen) atoms. The molecular weight excluding hydrogens is 142 g/mol. The van der Waals surface area contributed by atoms with Gasteiger partial charge in [-0.1, -0.05) is 6.92 Å². The van der Waals surface area contributed by atoms with Crippen molar-refractivity contribution in [2.45, 2.75) is 37.2 Å². The highest BCUT2D eigenvalue weighted by atomic mass is 16.8. The predicted octanol–water partition coefficient (Wildman–Crippen LogP) is 1.33. The van der Waals surface area contributed by atoms with Crippen LogP contribution in [0.1, 0.15) is 19.8 Å². The topological polar surface area (TPSA) is 45.6 Å². The molecule has 3 fully saturated rings. The van der Waals surface area contributed by atoms with Crippen molar-refractivity contribution in [3.05, 3.63) is 5.73 Å². The molecule has 3 nitrogen and oxygen atoms in total. The lowest BCUT2D eigenvalue weighted by Gasteiger charge is -2.35. The van der Waals surface area contributed by atoms with Gasteiger partial charge in [0.25, 0.3) is 0 Å². The first-order valence-corrected chi connectivity index (χ1v) is 4.09. The van der Waals surface area contributed by atoms with E-state index in [4.69, 9.17) is 15.2 Å². The van der Waals surface area contributed by atoms with Crippen molar-refractivity contribution in [1.29, 1.82) is 0 Å². The molecule has 3 atom stereocenters. The van der Waals surface area contributed by atoms with Gasteiger partial charge < -0.3 is 15.2 Å². The van der Waals surface area contributed by atoms with Gasteiger partial charge in [-0.05, 0) is 23.8 Å². The van der Waals surface area contributed by atoms with E-state index in [1.807, 2.05) is 0 Å². The number of ether oxygens (including phenoxy) is 2. The van der Waals surface area contributed by atoms with Crippen LogP contribution in [0.3, 0.4) is 0 Å². The van der Waals surface area contributed by atoms with E-state index in [0.717, 1.165) is 0 Å². The maximum atomic E-state index is 8.11. The number of methoxy groups -OCH3 is 1. The fraction of sp³-hybridized carbons (Fsp3) is 1.00. The van der Waals surface area contributed by atoms with Crippen LogP contribution in [0.15, 0.2) is 0 Å². The molecule has 1 saturated heterocycles. The van der Waals surface area contributed by atoms with E-state index in [-0.39, 0.29) is 11.5 Å². The van der Waals surface area contributed by atoms with Crippen molar-refractivity contribution in [2.75, 3.05) is 7.11 Å². The number of nitrogens with one attached hydrogen (secondary N) is 1. The van der Waals surface area contributed by atoms with E-state index >= 15 is 0 Å². The van der Waals surface area contributed by atoms with Gasteiger partial charge in [-0.15, -0.1) is 0 Å². The molecule has 1 N–H and O–H groups in total. The van der Waals surface area contributed by atoms with Crippen LogP contribution in [0, 0.1) is 5.41 Å². The molecule has 0 aromatic rings. The van der Waals surface area contributed by atoms with E-state index in [0.29, 0.717) is 0 Å². The standard InChI is InChI=1S/C8H12NO2/c1-6(3-4-6)7(9)5-8(7,10-2)11-5/h5,9H,3-4H2,1-2H3/q-1. The monoisotopic (exact) mass is 154 g/mol. The van der Waals surface area contributed by atoms with Gasteiger partial charge in [0, 0.05) is 7.11 Å². The SMILES string of the molecule is COC12OC1C2([NH-])C1(C)CC1. The molecule has 0 bridgehead atoms.